The Hall–Kier alpha value is -0.870. The molecule has 0 aliphatic carbocycles. The second kappa shape index (κ2) is 6.17. The minimum atomic E-state index is 0.679. The van der Waals surface area contributed by atoms with Gasteiger partial charge in [0.2, 0.25) is 0 Å². The van der Waals surface area contributed by atoms with Crippen LogP contribution >= 0.6 is 0 Å². The van der Waals surface area contributed by atoms with Crippen molar-refractivity contribution in [2.75, 3.05) is 19.6 Å². The van der Waals surface area contributed by atoms with Gasteiger partial charge >= 0.3 is 0 Å². The number of rotatable bonds is 5. The van der Waals surface area contributed by atoms with E-state index in [1.807, 2.05) is 6.20 Å². The van der Waals surface area contributed by atoms with E-state index >= 15 is 0 Å². The van der Waals surface area contributed by atoms with E-state index in [1.54, 1.807) is 0 Å². The fraction of sp³-hybridized carbons (Fsp3) is 0.769. The average molecular weight is 236 g/mol. The molecule has 1 aliphatic heterocycles. The summed E-state index contributed by atoms with van der Waals surface area (Å²) in [5.41, 5.74) is 1.30. The van der Waals surface area contributed by atoms with Gasteiger partial charge in [-0.15, -0.1) is 0 Å². The monoisotopic (exact) mass is 236 g/mol. The maximum Gasteiger partial charge on any atom is 0.0522 e. The second-order valence-corrected chi connectivity index (χ2v) is 4.73. The Bertz CT molecular complexity index is 326. The Balaban J connectivity index is 1.76. The third-order valence-corrected chi connectivity index (χ3v) is 3.71. The normalized spacial score (nSPS) is 18.7. The zero-order valence-electron chi connectivity index (χ0n) is 11.0. The lowest BCUT2D eigenvalue weighted by Crippen LogP contribution is -2.42. The maximum absolute atomic E-state index is 4.29. The Morgan fingerprint density at radius 3 is 2.71 bits per heavy atom. The highest BCUT2D eigenvalue weighted by molar-refractivity contribution is 5.00. The first-order chi connectivity index (χ1) is 8.33. The van der Waals surface area contributed by atoms with Crippen molar-refractivity contribution in [3.63, 3.8) is 0 Å². The summed E-state index contributed by atoms with van der Waals surface area (Å²) in [6.07, 6.45) is 4.43. The molecule has 0 atom stereocenters. The van der Waals surface area contributed by atoms with E-state index in [-0.39, 0.29) is 0 Å². The van der Waals surface area contributed by atoms with Crippen LogP contribution in [0.15, 0.2) is 12.3 Å². The molecule has 2 heterocycles. The van der Waals surface area contributed by atoms with E-state index < -0.39 is 0 Å². The molecule has 1 aliphatic rings. The summed E-state index contributed by atoms with van der Waals surface area (Å²) >= 11 is 0. The van der Waals surface area contributed by atoms with Crippen molar-refractivity contribution >= 4 is 0 Å². The molecule has 4 heteroatoms. The van der Waals surface area contributed by atoms with Crippen molar-refractivity contribution in [3.8, 4) is 0 Å². The minimum Gasteiger partial charge on any atom is -0.308 e. The molecule has 0 bridgehead atoms. The molecule has 1 aromatic heterocycles. The predicted molar refractivity (Wildman–Crippen MR) is 69.9 cm³/mol. The molecule has 1 saturated heterocycles. The third kappa shape index (κ3) is 3.30. The fourth-order valence-corrected chi connectivity index (χ4v) is 2.50. The van der Waals surface area contributed by atoms with E-state index in [4.69, 9.17) is 0 Å². The number of likely N-dealkylation sites (tertiary alicyclic amines) is 1. The van der Waals surface area contributed by atoms with Crippen molar-refractivity contribution in [2.45, 2.75) is 45.8 Å². The lowest BCUT2D eigenvalue weighted by Gasteiger charge is -2.31. The van der Waals surface area contributed by atoms with Crippen molar-refractivity contribution in [1.29, 1.82) is 0 Å². The first-order valence-corrected chi connectivity index (χ1v) is 6.80. The lowest BCUT2D eigenvalue weighted by atomic mass is 10.1. The zero-order chi connectivity index (χ0) is 12.1. The van der Waals surface area contributed by atoms with Crippen LogP contribution in [0.25, 0.3) is 0 Å². The predicted octanol–water partition coefficient (Wildman–Crippen LogP) is 1.48. The van der Waals surface area contributed by atoms with Gasteiger partial charge < -0.3 is 10.2 Å². The van der Waals surface area contributed by atoms with Gasteiger partial charge in [-0.1, -0.05) is 6.92 Å². The molecular weight excluding hydrogens is 212 g/mol. The van der Waals surface area contributed by atoms with Crippen LogP contribution in [0, 0.1) is 0 Å². The summed E-state index contributed by atoms with van der Waals surface area (Å²) < 4.78 is 2.06. The van der Waals surface area contributed by atoms with Crippen molar-refractivity contribution in [2.24, 2.45) is 0 Å². The molecule has 4 nitrogen and oxygen atoms in total. The lowest BCUT2D eigenvalue weighted by molar-refractivity contribution is 0.205. The SMILES string of the molecule is CCN1CCC(NCc2ccnn2CC)CC1. The zero-order valence-corrected chi connectivity index (χ0v) is 11.0. The van der Waals surface area contributed by atoms with Crippen LogP contribution in [0.1, 0.15) is 32.4 Å². The first-order valence-electron chi connectivity index (χ1n) is 6.80. The van der Waals surface area contributed by atoms with E-state index in [2.05, 4.69) is 39.9 Å². The fourth-order valence-electron chi connectivity index (χ4n) is 2.50. The summed E-state index contributed by atoms with van der Waals surface area (Å²) in [6, 6.07) is 2.79. The number of hydrogen-bond acceptors (Lipinski definition) is 3. The van der Waals surface area contributed by atoms with Crippen LogP contribution in [-0.4, -0.2) is 40.4 Å². The Morgan fingerprint density at radius 2 is 2.06 bits per heavy atom. The van der Waals surface area contributed by atoms with Crippen LogP contribution in [0.4, 0.5) is 0 Å². The number of nitrogens with one attached hydrogen (secondary N) is 1. The summed E-state index contributed by atoms with van der Waals surface area (Å²) in [4.78, 5) is 2.52. The number of nitrogens with zero attached hydrogens (tertiary/aromatic N) is 3. The van der Waals surface area contributed by atoms with E-state index in [1.165, 1.54) is 38.2 Å². The van der Waals surface area contributed by atoms with Crippen LogP contribution < -0.4 is 5.32 Å². The summed E-state index contributed by atoms with van der Waals surface area (Å²) in [7, 11) is 0. The second-order valence-electron chi connectivity index (χ2n) is 4.73. The minimum absolute atomic E-state index is 0.679. The van der Waals surface area contributed by atoms with Gasteiger partial charge in [-0.25, -0.2) is 0 Å². The van der Waals surface area contributed by atoms with Gasteiger partial charge in [0, 0.05) is 25.3 Å². The molecule has 96 valence electrons. The molecule has 1 fully saturated rings. The van der Waals surface area contributed by atoms with Gasteiger partial charge in [-0.05, 0) is 45.5 Å². The van der Waals surface area contributed by atoms with Gasteiger partial charge in [0.15, 0.2) is 0 Å². The molecule has 0 saturated carbocycles. The standard InChI is InChI=1S/C13H24N4/c1-3-16-9-6-12(7-10-16)14-11-13-5-8-15-17(13)4-2/h5,8,12,14H,3-4,6-7,9-11H2,1-2H3. The molecular formula is C13H24N4. The van der Waals surface area contributed by atoms with Crippen LogP contribution in [0.3, 0.4) is 0 Å². The largest absolute Gasteiger partial charge is 0.308 e. The first kappa shape index (κ1) is 12.6. The Kier molecular flexibility index (Phi) is 4.57. The van der Waals surface area contributed by atoms with Gasteiger partial charge in [0.25, 0.3) is 0 Å². The number of aromatic nitrogens is 2. The number of hydrogen-bond donors (Lipinski definition) is 1. The van der Waals surface area contributed by atoms with Crippen LogP contribution in [-0.2, 0) is 13.1 Å². The average Bonchev–Trinajstić information content (AvgIpc) is 2.84. The van der Waals surface area contributed by atoms with Gasteiger partial charge in [-0.2, -0.15) is 5.10 Å². The highest BCUT2D eigenvalue weighted by Crippen LogP contribution is 2.10. The molecule has 0 spiro atoms. The molecule has 0 aromatic carbocycles. The Morgan fingerprint density at radius 1 is 1.29 bits per heavy atom. The highest BCUT2D eigenvalue weighted by atomic mass is 15.3. The summed E-state index contributed by atoms with van der Waals surface area (Å²) in [6.45, 7) is 9.95. The smallest absolute Gasteiger partial charge is 0.0522 e. The topological polar surface area (TPSA) is 33.1 Å². The molecule has 1 aromatic rings. The van der Waals surface area contributed by atoms with E-state index in [0.29, 0.717) is 6.04 Å². The quantitative estimate of drug-likeness (QED) is 0.840. The Labute approximate surface area is 104 Å². The van der Waals surface area contributed by atoms with E-state index in [0.717, 1.165) is 13.1 Å². The van der Waals surface area contributed by atoms with E-state index in [9.17, 15) is 0 Å². The third-order valence-electron chi connectivity index (χ3n) is 3.71. The van der Waals surface area contributed by atoms with Crippen LogP contribution in [0.2, 0.25) is 0 Å². The van der Waals surface area contributed by atoms with Gasteiger partial charge in [0.1, 0.15) is 0 Å². The van der Waals surface area contributed by atoms with Crippen molar-refractivity contribution in [3.05, 3.63) is 18.0 Å². The summed E-state index contributed by atoms with van der Waals surface area (Å²) in [5, 5.41) is 7.95. The number of piperidine rings is 1. The summed E-state index contributed by atoms with van der Waals surface area (Å²) in [5.74, 6) is 0. The van der Waals surface area contributed by atoms with Crippen molar-refractivity contribution < 1.29 is 0 Å². The van der Waals surface area contributed by atoms with Crippen LogP contribution in [0.5, 0.6) is 0 Å². The highest BCUT2D eigenvalue weighted by Gasteiger charge is 2.17. The maximum atomic E-state index is 4.29. The van der Waals surface area contributed by atoms with Gasteiger partial charge in [-0.3, -0.25) is 4.68 Å². The number of aryl methyl sites for hydroxylation is 1. The van der Waals surface area contributed by atoms with Gasteiger partial charge in [0.05, 0.1) is 5.69 Å². The molecule has 0 unspecified atom stereocenters. The molecule has 0 amide bonds. The molecule has 17 heavy (non-hydrogen) atoms. The molecule has 2 rings (SSSR count). The van der Waals surface area contributed by atoms with Crippen molar-refractivity contribution in [1.82, 2.24) is 20.0 Å². The molecule has 1 N–H and O–H groups in total. The molecule has 0 radical (unpaired) electrons.